The molecule has 0 radical (unpaired) electrons. The second-order valence-electron chi connectivity index (χ2n) is 2.50. The standard InChI is InChI=1S/C11H6BrNO/c12-7-11-4-3-9(8-13)6-10(11)2-1-5-14/h3-6H,7H2. The predicted molar refractivity (Wildman–Crippen MR) is 56.7 cm³/mol. The summed E-state index contributed by atoms with van der Waals surface area (Å²) in [5, 5.41) is 9.33. The van der Waals surface area contributed by atoms with E-state index in [4.69, 9.17) is 5.26 Å². The van der Waals surface area contributed by atoms with E-state index >= 15 is 0 Å². The maximum atomic E-state index is 10.1. The van der Waals surface area contributed by atoms with Crippen LogP contribution >= 0.6 is 15.9 Å². The van der Waals surface area contributed by atoms with Crippen molar-refractivity contribution in [3.63, 3.8) is 0 Å². The van der Waals surface area contributed by atoms with E-state index in [-0.39, 0.29) is 0 Å². The Hall–Kier alpha value is -1.58. The minimum Gasteiger partial charge on any atom is -0.289 e. The van der Waals surface area contributed by atoms with Crippen LogP contribution in [0.1, 0.15) is 16.7 Å². The van der Waals surface area contributed by atoms with Crippen LogP contribution in [0.2, 0.25) is 0 Å². The fraction of sp³-hybridized carbons (Fsp3) is 0.0909. The number of rotatable bonds is 1. The number of aldehydes is 1. The Morgan fingerprint density at radius 2 is 2.29 bits per heavy atom. The van der Waals surface area contributed by atoms with Crippen molar-refractivity contribution in [3.8, 4) is 17.9 Å². The lowest BCUT2D eigenvalue weighted by atomic mass is 10.1. The molecule has 0 heterocycles. The molecule has 0 N–H and O–H groups in total. The number of nitriles is 1. The van der Waals surface area contributed by atoms with Crippen LogP contribution in [0.5, 0.6) is 0 Å². The Bertz CT molecular complexity index is 449. The Morgan fingerprint density at radius 3 is 2.86 bits per heavy atom. The molecular weight excluding hydrogens is 242 g/mol. The third-order valence-electron chi connectivity index (χ3n) is 1.65. The van der Waals surface area contributed by atoms with E-state index in [9.17, 15) is 4.79 Å². The quantitative estimate of drug-likeness (QED) is 0.433. The van der Waals surface area contributed by atoms with Crippen molar-refractivity contribution >= 4 is 22.2 Å². The summed E-state index contributed by atoms with van der Waals surface area (Å²) in [6, 6.07) is 7.24. The van der Waals surface area contributed by atoms with Crippen molar-refractivity contribution in [1.29, 1.82) is 5.26 Å². The van der Waals surface area contributed by atoms with Gasteiger partial charge in [0.15, 0.2) is 6.29 Å². The lowest BCUT2D eigenvalue weighted by Gasteiger charge is -1.99. The smallest absolute Gasteiger partial charge is 0.193 e. The predicted octanol–water partition coefficient (Wildman–Crippen LogP) is 2.00. The van der Waals surface area contributed by atoms with Crippen LogP contribution in [-0.2, 0) is 10.1 Å². The van der Waals surface area contributed by atoms with Gasteiger partial charge in [-0.2, -0.15) is 5.26 Å². The van der Waals surface area contributed by atoms with E-state index in [1.807, 2.05) is 12.1 Å². The van der Waals surface area contributed by atoms with E-state index in [0.29, 0.717) is 22.7 Å². The van der Waals surface area contributed by atoms with Gasteiger partial charge in [-0.3, -0.25) is 4.79 Å². The van der Waals surface area contributed by atoms with E-state index in [2.05, 4.69) is 27.8 Å². The minimum absolute atomic E-state index is 0.539. The SMILES string of the molecule is N#Cc1ccc(CBr)c(C#CC=O)c1. The lowest BCUT2D eigenvalue weighted by Crippen LogP contribution is -1.87. The first-order valence-corrected chi connectivity index (χ1v) is 4.98. The van der Waals surface area contributed by atoms with Gasteiger partial charge in [0.05, 0.1) is 11.6 Å². The van der Waals surface area contributed by atoms with E-state index < -0.39 is 0 Å². The second-order valence-corrected chi connectivity index (χ2v) is 3.07. The van der Waals surface area contributed by atoms with Crippen molar-refractivity contribution in [2.24, 2.45) is 0 Å². The first kappa shape index (κ1) is 10.5. The summed E-state index contributed by atoms with van der Waals surface area (Å²) in [6.07, 6.45) is 0.539. The summed E-state index contributed by atoms with van der Waals surface area (Å²) >= 11 is 3.31. The molecule has 3 heteroatoms. The molecule has 0 aliphatic heterocycles. The number of hydrogen-bond donors (Lipinski definition) is 0. The van der Waals surface area contributed by atoms with Crippen LogP contribution in [0.15, 0.2) is 18.2 Å². The maximum absolute atomic E-state index is 10.1. The summed E-state index contributed by atoms with van der Waals surface area (Å²) in [5.74, 6) is 5.02. The van der Waals surface area contributed by atoms with Gasteiger partial charge in [-0.1, -0.05) is 27.9 Å². The summed E-state index contributed by atoms with van der Waals surface area (Å²) in [6.45, 7) is 0. The zero-order valence-corrected chi connectivity index (χ0v) is 8.84. The topological polar surface area (TPSA) is 40.9 Å². The number of alkyl halides is 1. The van der Waals surface area contributed by atoms with Gasteiger partial charge in [0, 0.05) is 10.9 Å². The fourth-order valence-electron chi connectivity index (χ4n) is 0.986. The van der Waals surface area contributed by atoms with Crippen LogP contribution in [-0.4, -0.2) is 6.29 Å². The normalized spacial score (nSPS) is 8.29. The van der Waals surface area contributed by atoms with Gasteiger partial charge in [-0.25, -0.2) is 0 Å². The zero-order valence-electron chi connectivity index (χ0n) is 7.25. The monoisotopic (exact) mass is 247 g/mol. The van der Waals surface area contributed by atoms with Crippen LogP contribution in [0.4, 0.5) is 0 Å². The van der Waals surface area contributed by atoms with Gasteiger partial charge in [0.2, 0.25) is 0 Å². The molecule has 1 aromatic carbocycles. The van der Waals surface area contributed by atoms with E-state index in [1.54, 1.807) is 12.1 Å². The van der Waals surface area contributed by atoms with Gasteiger partial charge < -0.3 is 0 Å². The minimum atomic E-state index is 0.539. The molecule has 0 atom stereocenters. The molecule has 0 aromatic heterocycles. The Labute approximate surface area is 90.7 Å². The largest absolute Gasteiger partial charge is 0.289 e. The summed E-state index contributed by atoms with van der Waals surface area (Å²) in [4.78, 5) is 10.1. The van der Waals surface area contributed by atoms with E-state index in [1.165, 1.54) is 0 Å². The number of nitrogens with zero attached hydrogens (tertiary/aromatic N) is 1. The number of carbonyl (C=O) groups is 1. The van der Waals surface area contributed by atoms with E-state index in [0.717, 1.165) is 5.56 Å². The van der Waals surface area contributed by atoms with Crippen molar-refractivity contribution in [3.05, 3.63) is 34.9 Å². The Morgan fingerprint density at radius 1 is 1.50 bits per heavy atom. The highest BCUT2D eigenvalue weighted by molar-refractivity contribution is 9.08. The van der Waals surface area contributed by atoms with Crippen molar-refractivity contribution in [2.75, 3.05) is 0 Å². The third kappa shape index (κ3) is 2.45. The molecule has 0 bridgehead atoms. The van der Waals surface area contributed by atoms with Crippen molar-refractivity contribution in [1.82, 2.24) is 0 Å². The molecule has 0 unspecified atom stereocenters. The van der Waals surface area contributed by atoms with Crippen LogP contribution in [0.25, 0.3) is 0 Å². The average molecular weight is 248 g/mol. The molecule has 0 saturated carbocycles. The fourth-order valence-corrected chi connectivity index (χ4v) is 1.48. The number of hydrogen-bond acceptors (Lipinski definition) is 2. The van der Waals surface area contributed by atoms with Gasteiger partial charge in [-0.05, 0) is 23.6 Å². The third-order valence-corrected chi connectivity index (χ3v) is 2.25. The zero-order chi connectivity index (χ0) is 10.4. The van der Waals surface area contributed by atoms with Gasteiger partial charge >= 0.3 is 0 Å². The molecule has 14 heavy (non-hydrogen) atoms. The second kappa shape index (κ2) is 5.21. The van der Waals surface area contributed by atoms with Crippen molar-refractivity contribution in [2.45, 2.75) is 5.33 Å². The molecule has 68 valence electrons. The van der Waals surface area contributed by atoms with Gasteiger partial charge in [0.1, 0.15) is 0 Å². The first-order chi connectivity index (χ1) is 6.81. The molecule has 0 spiro atoms. The molecule has 0 fully saturated rings. The molecule has 1 aromatic rings. The Kier molecular flexibility index (Phi) is 3.91. The summed E-state index contributed by atoms with van der Waals surface area (Å²) in [5.41, 5.74) is 2.23. The van der Waals surface area contributed by atoms with Gasteiger partial charge in [0.25, 0.3) is 0 Å². The summed E-state index contributed by atoms with van der Waals surface area (Å²) < 4.78 is 0. The Balaban J connectivity index is 3.23. The number of carbonyl (C=O) groups excluding carboxylic acids is 1. The number of halogens is 1. The molecule has 0 amide bonds. The molecule has 0 aliphatic carbocycles. The molecule has 0 saturated heterocycles. The highest BCUT2D eigenvalue weighted by atomic mass is 79.9. The van der Waals surface area contributed by atoms with Crippen LogP contribution < -0.4 is 0 Å². The average Bonchev–Trinajstić information content (AvgIpc) is 2.25. The molecule has 1 rings (SSSR count). The number of benzene rings is 1. The van der Waals surface area contributed by atoms with Crippen molar-refractivity contribution < 1.29 is 4.79 Å². The van der Waals surface area contributed by atoms with Crippen LogP contribution in [0, 0.1) is 23.2 Å². The molecule has 0 aliphatic rings. The maximum Gasteiger partial charge on any atom is 0.193 e. The first-order valence-electron chi connectivity index (χ1n) is 3.86. The molecule has 2 nitrogen and oxygen atoms in total. The highest BCUT2D eigenvalue weighted by Crippen LogP contribution is 2.13. The van der Waals surface area contributed by atoms with Crippen LogP contribution in [0.3, 0.4) is 0 Å². The molecular formula is C11H6BrNO. The highest BCUT2D eigenvalue weighted by Gasteiger charge is 1.99. The van der Waals surface area contributed by atoms with Gasteiger partial charge in [-0.15, -0.1) is 0 Å². The lowest BCUT2D eigenvalue weighted by molar-refractivity contribution is -0.103. The summed E-state index contributed by atoms with van der Waals surface area (Å²) in [7, 11) is 0.